The van der Waals surface area contributed by atoms with E-state index in [-0.39, 0.29) is 18.0 Å². The quantitative estimate of drug-likeness (QED) is 0.567. The Kier molecular flexibility index (Phi) is 9.95. The molecule has 1 aliphatic rings. The molecule has 0 bridgehead atoms. The maximum atomic E-state index is 11.9. The molecule has 1 rings (SSSR count). The normalized spacial score (nSPS) is 17.7. The predicted octanol–water partition coefficient (Wildman–Crippen LogP) is 2.07. The van der Waals surface area contributed by atoms with Crippen LogP contribution in [-0.2, 0) is 19.1 Å². The maximum Gasteiger partial charge on any atom is 0.307 e. The van der Waals surface area contributed by atoms with Crippen molar-refractivity contribution >= 4 is 11.9 Å². The smallest absolute Gasteiger partial charge is 0.307 e. The van der Waals surface area contributed by atoms with Crippen molar-refractivity contribution in [3.05, 3.63) is 0 Å². The zero-order valence-corrected chi connectivity index (χ0v) is 15.8. The van der Waals surface area contributed by atoms with Crippen LogP contribution in [0.25, 0.3) is 0 Å². The Morgan fingerprint density at radius 3 is 2.50 bits per heavy atom. The fourth-order valence-corrected chi connectivity index (χ4v) is 2.84. The lowest BCUT2D eigenvalue weighted by atomic mass is 10.0. The van der Waals surface area contributed by atoms with Gasteiger partial charge in [-0.2, -0.15) is 0 Å². The van der Waals surface area contributed by atoms with Gasteiger partial charge in [-0.1, -0.05) is 6.92 Å². The van der Waals surface area contributed by atoms with Gasteiger partial charge in [-0.05, 0) is 53.4 Å². The lowest BCUT2D eigenvalue weighted by Gasteiger charge is -2.35. The fraction of sp³-hybridized carbons (Fsp3) is 0.889. The number of carbonyl (C=O) groups is 2. The van der Waals surface area contributed by atoms with Gasteiger partial charge in [0.2, 0.25) is 0 Å². The Bertz CT molecular complexity index is 381. The summed E-state index contributed by atoms with van der Waals surface area (Å²) in [6.07, 6.45) is 4.27. The molecule has 1 fully saturated rings. The summed E-state index contributed by atoms with van der Waals surface area (Å²) < 4.78 is 10.5. The molecule has 6 nitrogen and oxygen atoms in total. The van der Waals surface area contributed by atoms with E-state index >= 15 is 0 Å². The van der Waals surface area contributed by atoms with Crippen LogP contribution in [0.2, 0.25) is 0 Å². The van der Waals surface area contributed by atoms with Crippen LogP contribution in [0.1, 0.15) is 52.4 Å². The molecular formula is C18H34N2O4. The van der Waals surface area contributed by atoms with Crippen molar-refractivity contribution in [2.75, 3.05) is 40.3 Å². The highest BCUT2D eigenvalue weighted by Gasteiger charge is 2.21. The molecule has 1 aliphatic heterocycles. The van der Waals surface area contributed by atoms with Gasteiger partial charge in [0.1, 0.15) is 6.10 Å². The van der Waals surface area contributed by atoms with Crippen LogP contribution in [0.3, 0.4) is 0 Å². The molecule has 1 heterocycles. The molecular weight excluding hydrogens is 308 g/mol. The third-order valence-electron chi connectivity index (χ3n) is 4.55. The number of esters is 2. The highest BCUT2D eigenvalue weighted by molar-refractivity contribution is 5.70. The Morgan fingerprint density at radius 2 is 1.88 bits per heavy atom. The van der Waals surface area contributed by atoms with Crippen LogP contribution >= 0.6 is 0 Å². The van der Waals surface area contributed by atoms with E-state index in [1.54, 1.807) is 0 Å². The van der Waals surface area contributed by atoms with Crippen LogP contribution in [0, 0.1) is 0 Å². The molecule has 0 amide bonds. The van der Waals surface area contributed by atoms with Gasteiger partial charge in [-0.25, -0.2) is 0 Å². The summed E-state index contributed by atoms with van der Waals surface area (Å²) in [4.78, 5) is 27.8. The van der Waals surface area contributed by atoms with Gasteiger partial charge in [-0.3, -0.25) is 9.59 Å². The van der Waals surface area contributed by atoms with Crippen molar-refractivity contribution in [1.29, 1.82) is 0 Å². The number of hydrogen-bond acceptors (Lipinski definition) is 6. The van der Waals surface area contributed by atoms with Gasteiger partial charge in [0.25, 0.3) is 0 Å². The van der Waals surface area contributed by atoms with E-state index in [9.17, 15) is 9.59 Å². The molecule has 0 radical (unpaired) electrons. The molecule has 0 aromatic heterocycles. The topological polar surface area (TPSA) is 59.1 Å². The summed E-state index contributed by atoms with van der Waals surface area (Å²) in [7, 11) is 4.23. The van der Waals surface area contributed by atoms with E-state index in [1.807, 2.05) is 13.8 Å². The summed E-state index contributed by atoms with van der Waals surface area (Å²) >= 11 is 0. The molecule has 1 saturated heterocycles. The fourth-order valence-electron chi connectivity index (χ4n) is 2.84. The second-order valence-corrected chi connectivity index (χ2v) is 6.82. The number of carbonyl (C=O) groups excluding carboxylic acids is 2. The number of nitrogens with zero attached hydrogens (tertiary/aromatic N) is 2. The van der Waals surface area contributed by atoms with Crippen LogP contribution in [0.4, 0.5) is 0 Å². The molecule has 6 heteroatoms. The Balaban J connectivity index is 2.13. The van der Waals surface area contributed by atoms with Gasteiger partial charge < -0.3 is 19.3 Å². The minimum Gasteiger partial charge on any atom is -0.466 e. The van der Waals surface area contributed by atoms with E-state index in [1.165, 1.54) is 0 Å². The Hall–Kier alpha value is -1.14. The summed E-state index contributed by atoms with van der Waals surface area (Å²) in [6, 6.07) is 0.560. The maximum absolute atomic E-state index is 11.9. The van der Waals surface area contributed by atoms with Gasteiger partial charge in [0, 0.05) is 25.4 Å². The predicted molar refractivity (Wildman–Crippen MR) is 93.8 cm³/mol. The van der Waals surface area contributed by atoms with E-state index < -0.39 is 0 Å². The minimum atomic E-state index is -0.222. The van der Waals surface area contributed by atoms with E-state index in [0.717, 1.165) is 38.9 Å². The molecule has 0 aromatic rings. The van der Waals surface area contributed by atoms with Gasteiger partial charge >= 0.3 is 11.9 Å². The van der Waals surface area contributed by atoms with E-state index in [4.69, 9.17) is 9.47 Å². The lowest BCUT2D eigenvalue weighted by Crippen LogP contribution is -2.42. The van der Waals surface area contributed by atoms with Gasteiger partial charge in [0.05, 0.1) is 13.0 Å². The zero-order chi connectivity index (χ0) is 17.9. The standard InChI is InChI=1S/C18H34N2O4/c1-5-6-17(21)23-14-10-15(2)24-18(22)9-13-20(4)16-7-11-19(3)12-8-16/h15-16H,5-14H2,1-4H3. The van der Waals surface area contributed by atoms with Crippen molar-refractivity contribution in [1.82, 2.24) is 9.80 Å². The first kappa shape index (κ1) is 20.9. The molecule has 0 N–H and O–H groups in total. The first-order chi connectivity index (χ1) is 11.4. The Morgan fingerprint density at radius 1 is 1.21 bits per heavy atom. The van der Waals surface area contributed by atoms with Gasteiger partial charge in [-0.15, -0.1) is 0 Å². The summed E-state index contributed by atoms with van der Waals surface area (Å²) in [5.74, 6) is -0.363. The average Bonchev–Trinajstić information content (AvgIpc) is 2.53. The molecule has 140 valence electrons. The van der Waals surface area contributed by atoms with Crippen molar-refractivity contribution in [3.63, 3.8) is 0 Å². The van der Waals surface area contributed by atoms with Crippen LogP contribution in [0.15, 0.2) is 0 Å². The second kappa shape index (κ2) is 11.4. The molecule has 0 aromatic carbocycles. The number of piperidine rings is 1. The van der Waals surface area contributed by atoms with Crippen LogP contribution < -0.4 is 0 Å². The third kappa shape index (κ3) is 8.64. The minimum absolute atomic E-state index is 0.179. The number of likely N-dealkylation sites (tertiary alicyclic amines) is 1. The molecule has 1 atom stereocenters. The molecule has 24 heavy (non-hydrogen) atoms. The van der Waals surface area contributed by atoms with Crippen molar-refractivity contribution in [3.8, 4) is 0 Å². The average molecular weight is 342 g/mol. The van der Waals surface area contributed by atoms with Crippen molar-refractivity contribution in [2.24, 2.45) is 0 Å². The molecule has 1 unspecified atom stereocenters. The highest BCUT2D eigenvalue weighted by Crippen LogP contribution is 2.14. The van der Waals surface area contributed by atoms with Crippen LogP contribution in [-0.4, -0.2) is 74.2 Å². The summed E-state index contributed by atoms with van der Waals surface area (Å²) in [5.41, 5.74) is 0. The van der Waals surface area contributed by atoms with Crippen molar-refractivity contribution in [2.45, 2.75) is 64.5 Å². The van der Waals surface area contributed by atoms with E-state index in [0.29, 0.717) is 31.9 Å². The van der Waals surface area contributed by atoms with E-state index in [2.05, 4.69) is 23.9 Å². The molecule has 0 aliphatic carbocycles. The largest absolute Gasteiger partial charge is 0.466 e. The first-order valence-electron chi connectivity index (χ1n) is 9.16. The van der Waals surface area contributed by atoms with Gasteiger partial charge in [0.15, 0.2) is 0 Å². The van der Waals surface area contributed by atoms with Crippen molar-refractivity contribution < 1.29 is 19.1 Å². The number of hydrogen-bond donors (Lipinski definition) is 0. The van der Waals surface area contributed by atoms with Crippen LogP contribution in [0.5, 0.6) is 0 Å². The molecule has 0 spiro atoms. The highest BCUT2D eigenvalue weighted by atomic mass is 16.6. The number of rotatable bonds is 10. The number of ether oxygens (including phenoxy) is 2. The SMILES string of the molecule is CCCC(=O)OCCC(C)OC(=O)CCN(C)C1CCN(C)CC1. The summed E-state index contributed by atoms with van der Waals surface area (Å²) in [5, 5.41) is 0. The zero-order valence-electron chi connectivity index (χ0n) is 15.8. The first-order valence-corrected chi connectivity index (χ1v) is 9.16. The molecule has 0 saturated carbocycles. The Labute approximate surface area is 146 Å². The second-order valence-electron chi connectivity index (χ2n) is 6.82. The third-order valence-corrected chi connectivity index (χ3v) is 4.55. The lowest BCUT2D eigenvalue weighted by molar-refractivity contribution is -0.150. The summed E-state index contributed by atoms with van der Waals surface area (Å²) in [6.45, 7) is 7.05. The monoisotopic (exact) mass is 342 g/mol.